The molecule has 0 radical (unpaired) electrons. The molecule has 1 heterocycles. The van der Waals surface area contributed by atoms with Crippen molar-refractivity contribution in [3.8, 4) is 0 Å². The largest absolute Gasteiger partial charge is 0.466 e. The monoisotopic (exact) mass is 1170 g/mol. The number of hydrogen-bond acceptors (Lipinski definition) is 10. The Balaban J connectivity index is 1.98. The Labute approximate surface area is 509 Å². The van der Waals surface area contributed by atoms with Crippen LogP contribution in [0.5, 0.6) is 0 Å². The summed E-state index contributed by atoms with van der Waals surface area (Å²) >= 11 is 0. The number of nitrogens with one attached hydrogen (secondary N) is 1. The molecule has 0 bridgehead atoms. The Morgan fingerprint density at radius 2 is 0.819 bits per heavy atom. The third-order valence-corrected chi connectivity index (χ3v) is 16.3. The van der Waals surface area contributed by atoms with Crippen LogP contribution in [0.25, 0.3) is 0 Å². The topological polar surface area (TPSA) is 175 Å². The normalized spacial score (nSPS) is 18.5. The van der Waals surface area contributed by atoms with Gasteiger partial charge in [-0.1, -0.05) is 280 Å². The second kappa shape index (κ2) is 61.0. The molecule has 0 spiro atoms. The number of carbonyl (C=O) groups is 2. The van der Waals surface area contributed by atoms with Gasteiger partial charge in [-0.15, -0.1) is 0 Å². The molecule has 0 saturated carbocycles. The highest BCUT2D eigenvalue weighted by Crippen LogP contribution is 2.23. The van der Waals surface area contributed by atoms with Gasteiger partial charge in [0.15, 0.2) is 6.29 Å². The summed E-state index contributed by atoms with van der Waals surface area (Å²) in [5, 5.41) is 54.5. The van der Waals surface area contributed by atoms with Gasteiger partial charge in [-0.2, -0.15) is 0 Å². The smallest absolute Gasteiger partial charge is 0.305 e. The number of unbranched alkanes of at least 4 members (excludes halogenated alkanes) is 39. The number of aliphatic hydroxyl groups is 5. The maximum absolute atomic E-state index is 13.1. The lowest BCUT2D eigenvalue weighted by atomic mass is 9.99. The first-order chi connectivity index (χ1) is 40.7. The van der Waals surface area contributed by atoms with Gasteiger partial charge in [-0.25, -0.2) is 0 Å². The number of amides is 1. The number of rotatable bonds is 61. The lowest BCUT2D eigenvalue weighted by Crippen LogP contribution is -2.60. The molecular formula is C72H131NO10. The minimum absolute atomic E-state index is 0.0117. The van der Waals surface area contributed by atoms with E-state index in [9.17, 15) is 35.1 Å². The molecule has 0 aromatic carbocycles. The van der Waals surface area contributed by atoms with E-state index in [1.165, 1.54) is 218 Å². The number of allylic oxidation sites excluding steroid dienone is 9. The summed E-state index contributed by atoms with van der Waals surface area (Å²) in [6.07, 6.45) is 70.6. The van der Waals surface area contributed by atoms with Crippen LogP contribution in [0.1, 0.15) is 322 Å². The van der Waals surface area contributed by atoms with Gasteiger partial charge < -0.3 is 45.1 Å². The average Bonchev–Trinajstić information content (AvgIpc) is 3.51. The number of hydrogen-bond donors (Lipinski definition) is 6. The summed E-state index contributed by atoms with van der Waals surface area (Å²) in [6, 6.07) is -0.811. The molecule has 1 amide bonds. The number of esters is 1. The fraction of sp³-hybridized carbons (Fsp3) is 0.833. The molecule has 11 heteroatoms. The second-order valence-electron chi connectivity index (χ2n) is 24.2. The fourth-order valence-electron chi connectivity index (χ4n) is 10.8. The molecule has 1 aliphatic rings. The highest BCUT2D eigenvalue weighted by Gasteiger charge is 2.44. The minimum atomic E-state index is -1.57. The SMILES string of the molecule is CCCC/C=C\C/C=C\CCCCCCCC(=O)OCCCCCCCCCCC/C=C\C/C=C\CCCCCCCCCCCCCCCC(=O)NC(COC1OC(CO)C(O)C(O)C1O)C(O)/C=C/CCCCCCCCCCCC. The zero-order valence-electron chi connectivity index (χ0n) is 53.7. The number of ether oxygens (including phenoxy) is 3. The fourth-order valence-corrected chi connectivity index (χ4v) is 10.8. The van der Waals surface area contributed by atoms with Crippen LogP contribution in [0.4, 0.5) is 0 Å². The summed E-state index contributed by atoms with van der Waals surface area (Å²) in [5.74, 6) is -0.194. The van der Waals surface area contributed by atoms with Gasteiger partial charge in [0, 0.05) is 12.8 Å². The molecule has 7 atom stereocenters. The van der Waals surface area contributed by atoms with Gasteiger partial charge in [0.2, 0.25) is 5.91 Å². The molecule has 0 aromatic rings. The van der Waals surface area contributed by atoms with Crippen LogP contribution < -0.4 is 5.32 Å². The molecule has 83 heavy (non-hydrogen) atoms. The van der Waals surface area contributed by atoms with Crippen molar-refractivity contribution < 1.29 is 49.3 Å². The summed E-state index contributed by atoms with van der Waals surface area (Å²) in [5.41, 5.74) is 0. The van der Waals surface area contributed by atoms with E-state index in [2.05, 4.69) is 67.8 Å². The van der Waals surface area contributed by atoms with Crippen LogP contribution >= 0.6 is 0 Å². The van der Waals surface area contributed by atoms with Crippen LogP contribution in [-0.4, -0.2) is 100 Å². The van der Waals surface area contributed by atoms with Gasteiger partial charge in [-0.05, 0) is 89.9 Å². The van der Waals surface area contributed by atoms with Gasteiger partial charge in [0.1, 0.15) is 24.4 Å². The van der Waals surface area contributed by atoms with E-state index < -0.39 is 49.5 Å². The Bertz CT molecular complexity index is 1560. The van der Waals surface area contributed by atoms with E-state index in [4.69, 9.17) is 14.2 Å². The van der Waals surface area contributed by atoms with Crippen molar-refractivity contribution in [3.05, 3.63) is 60.8 Å². The third kappa shape index (κ3) is 50.1. The van der Waals surface area contributed by atoms with E-state index in [1.54, 1.807) is 6.08 Å². The van der Waals surface area contributed by atoms with Crippen LogP contribution in [0.15, 0.2) is 60.8 Å². The molecule has 6 N–H and O–H groups in total. The second-order valence-corrected chi connectivity index (χ2v) is 24.2. The zero-order valence-corrected chi connectivity index (χ0v) is 53.7. The molecule has 484 valence electrons. The third-order valence-electron chi connectivity index (χ3n) is 16.3. The quantitative estimate of drug-likeness (QED) is 0.0195. The van der Waals surface area contributed by atoms with Crippen molar-refractivity contribution in [3.63, 3.8) is 0 Å². The molecular weight excluding hydrogens is 1040 g/mol. The first-order valence-corrected chi connectivity index (χ1v) is 35.1. The minimum Gasteiger partial charge on any atom is -0.466 e. The zero-order chi connectivity index (χ0) is 60.2. The van der Waals surface area contributed by atoms with Crippen molar-refractivity contribution in [2.45, 2.75) is 365 Å². The van der Waals surface area contributed by atoms with Crippen LogP contribution in [-0.2, 0) is 23.8 Å². The lowest BCUT2D eigenvalue weighted by Gasteiger charge is -2.40. The predicted octanol–water partition coefficient (Wildman–Crippen LogP) is 17.7. The molecule has 0 aromatic heterocycles. The first-order valence-electron chi connectivity index (χ1n) is 35.1. The van der Waals surface area contributed by atoms with E-state index in [-0.39, 0.29) is 18.5 Å². The van der Waals surface area contributed by atoms with Gasteiger partial charge in [-0.3, -0.25) is 9.59 Å². The van der Waals surface area contributed by atoms with Crippen LogP contribution in [0.2, 0.25) is 0 Å². The van der Waals surface area contributed by atoms with Crippen LogP contribution in [0, 0.1) is 0 Å². The standard InChI is InChI=1S/C72H131NO10/c1-3-5-7-9-11-13-15-17-36-40-44-48-52-56-60-68(77)81-61-57-53-49-45-41-37-34-32-30-28-26-24-22-20-18-19-21-23-25-27-29-31-33-35-39-43-47-51-55-59-67(76)73-64(63-82-72-71(80)70(79)69(78)66(62-74)83-72)65(75)58-54-50-46-42-38-16-14-12-10-8-6-4-2/h9,11,15,17-18,20,24,26,54,58,64-66,69-72,74-75,78-80H,3-8,10,12-14,16,19,21-23,25,27-53,55-57,59-63H2,1-2H3,(H,73,76)/b11-9-,17-15-,20-18-,26-24-,58-54+. The van der Waals surface area contributed by atoms with E-state index in [0.29, 0.717) is 19.4 Å². The van der Waals surface area contributed by atoms with Crippen molar-refractivity contribution >= 4 is 11.9 Å². The predicted molar refractivity (Wildman–Crippen MR) is 347 cm³/mol. The van der Waals surface area contributed by atoms with E-state index >= 15 is 0 Å². The highest BCUT2D eigenvalue weighted by atomic mass is 16.7. The number of carbonyl (C=O) groups excluding carboxylic acids is 2. The van der Waals surface area contributed by atoms with Gasteiger partial charge in [0.05, 0.1) is 32.0 Å². The van der Waals surface area contributed by atoms with Crippen molar-refractivity contribution in [1.29, 1.82) is 0 Å². The molecule has 1 rings (SSSR count). The summed E-state index contributed by atoms with van der Waals surface area (Å²) < 4.78 is 16.7. The maximum Gasteiger partial charge on any atom is 0.305 e. The van der Waals surface area contributed by atoms with Crippen molar-refractivity contribution in [2.75, 3.05) is 19.8 Å². The Morgan fingerprint density at radius 3 is 1.25 bits per heavy atom. The van der Waals surface area contributed by atoms with Crippen molar-refractivity contribution in [1.82, 2.24) is 5.32 Å². The molecule has 1 aliphatic heterocycles. The Hall–Kier alpha value is -2.64. The summed E-state index contributed by atoms with van der Waals surface area (Å²) in [7, 11) is 0. The molecule has 1 saturated heterocycles. The summed E-state index contributed by atoms with van der Waals surface area (Å²) in [4.78, 5) is 25.1. The molecule has 1 fully saturated rings. The molecule has 7 unspecified atom stereocenters. The Kier molecular flexibility index (Phi) is 57.6. The van der Waals surface area contributed by atoms with Gasteiger partial charge >= 0.3 is 5.97 Å². The number of aliphatic hydroxyl groups excluding tert-OH is 5. The highest BCUT2D eigenvalue weighted by molar-refractivity contribution is 5.76. The maximum atomic E-state index is 13.1. The van der Waals surface area contributed by atoms with Crippen molar-refractivity contribution in [2.24, 2.45) is 0 Å². The lowest BCUT2D eigenvalue weighted by molar-refractivity contribution is -0.302. The average molecular weight is 1170 g/mol. The molecule has 0 aliphatic carbocycles. The van der Waals surface area contributed by atoms with Crippen LogP contribution in [0.3, 0.4) is 0 Å². The molecule has 11 nitrogen and oxygen atoms in total. The summed E-state index contributed by atoms with van der Waals surface area (Å²) in [6.45, 7) is 4.31. The first kappa shape index (κ1) is 78.4. The Morgan fingerprint density at radius 1 is 0.446 bits per heavy atom. The van der Waals surface area contributed by atoms with E-state index in [0.717, 1.165) is 77.0 Å². The van der Waals surface area contributed by atoms with E-state index in [1.807, 2.05) is 6.08 Å². The van der Waals surface area contributed by atoms with Gasteiger partial charge in [0.25, 0.3) is 0 Å².